The van der Waals surface area contributed by atoms with Crippen LogP contribution in [0.15, 0.2) is 0 Å². The van der Waals surface area contributed by atoms with Gasteiger partial charge in [-0.15, -0.1) is 0 Å². The number of carbonyl (C=O) groups is 3. The van der Waals surface area contributed by atoms with Gasteiger partial charge in [0.05, 0.1) is 24.3 Å². The van der Waals surface area contributed by atoms with Crippen molar-refractivity contribution in [1.29, 1.82) is 0 Å². The third kappa shape index (κ3) is 6.53. The van der Waals surface area contributed by atoms with Crippen LogP contribution in [-0.2, 0) is 24.4 Å². The fourth-order valence-corrected chi connectivity index (χ4v) is 8.27. The van der Waals surface area contributed by atoms with Crippen LogP contribution in [-0.4, -0.2) is 92.4 Å². The Morgan fingerprint density at radius 2 is 1.58 bits per heavy atom. The summed E-state index contributed by atoms with van der Waals surface area (Å²) in [6.07, 6.45) is 12.4. The maximum Gasteiger partial charge on any atom is 0.245 e. The average molecular weight is 554 g/mol. The Morgan fingerprint density at radius 3 is 2.18 bits per heavy atom. The molecule has 0 spiro atoms. The van der Waals surface area contributed by atoms with Crippen molar-refractivity contribution >= 4 is 27.7 Å². The van der Waals surface area contributed by atoms with E-state index in [1.165, 1.54) is 29.8 Å². The highest BCUT2D eigenvalue weighted by Gasteiger charge is 2.56. The second-order valence-corrected chi connectivity index (χ2v) is 13.9. The molecule has 0 unspecified atom stereocenters. The molecule has 0 bridgehead atoms. The van der Waals surface area contributed by atoms with Crippen molar-refractivity contribution < 1.29 is 22.8 Å². The number of nitrogens with one attached hydrogen (secondary N) is 3. The number of nitrogens with zero attached hydrogens (tertiary/aromatic N) is 2. The lowest BCUT2D eigenvalue weighted by Gasteiger charge is -2.36. The first-order valence-corrected chi connectivity index (χ1v) is 16.5. The molecule has 38 heavy (non-hydrogen) atoms. The van der Waals surface area contributed by atoms with Crippen LogP contribution in [0.3, 0.4) is 0 Å². The predicted octanol–water partition coefficient (Wildman–Crippen LogP) is 1.22. The van der Waals surface area contributed by atoms with E-state index < -0.39 is 40.1 Å². The molecule has 0 aromatic carbocycles. The lowest BCUT2D eigenvalue weighted by Crippen LogP contribution is -2.58. The van der Waals surface area contributed by atoms with Crippen LogP contribution in [0.4, 0.5) is 0 Å². The van der Waals surface area contributed by atoms with Crippen molar-refractivity contribution in [3.05, 3.63) is 0 Å². The van der Waals surface area contributed by atoms with E-state index in [9.17, 15) is 22.8 Å². The summed E-state index contributed by atoms with van der Waals surface area (Å²) in [5, 5.41) is 9.07. The number of amides is 3. The molecule has 0 aromatic rings. The van der Waals surface area contributed by atoms with E-state index in [1.54, 1.807) is 18.9 Å². The Bertz CT molecular complexity index is 963. The van der Waals surface area contributed by atoms with Gasteiger partial charge in [0, 0.05) is 25.7 Å². The van der Waals surface area contributed by atoms with Gasteiger partial charge in [0.1, 0.15) is 6.04 Å². The molecule has 2 aliphatic heterocycles. The largest absolute Gasteiger partial charge is 0.355 e. The molecule has 4 rings (SSSR count). The summed E-state index contributed by atoms with van der Waals surface area (Å²) < 4.78 is 26.8. The van der Waals surface area contributed by atoms with E-state index in [4.69, 9.17) is 0 Å². The van der Waals surface area contributed by atoms with E-state index in [-0.39, 0.29) is 30.2 Å². The molecule has 216 valence electrons. The molecule has 10 nitrogen and oxygen atoms in total. The third-order valence-corrected chi connectivity index (χ3v) is 10.7. The maximum absolute atomic E-state index is 14.2. The number of rotatable bonds is 9. The van der Waals surface area contributed by atoms with E-state index in [1.807, 2.05) is 0 Å². The van der Waals surface area contributed by atoms with Crippen LogP contribution in [0.1, 0.15) is 77.6 Å². The number of hydrogen-bond donors (Lipinski definition) is 3. The molecule has 11 heteroatoms. The molecule has 4 aliphatic rings. The van der Waals surface area contributed by atoms with E-state index >= 15 is 0 Å². The van der Waals surface area contributed by atoms with Crippen molar-refractivity contribution in [2.75, 3.05) is 32.9 Å². The minimum Gasteiger partial charge on any atom is -0.355 e. The summed E-state index contributed by atoms with van der Waals surface area (Å²) in [7, 11) is -1.83. The first-order chi connectivity index (χ1) is 18.1. The number of likely N-dealkylation sites (tertiary alicyclic amines) is 1. The molecule has 3 N–H and O–H groups in total. The van der Waals surface area contributed by atoms with E-state index in [0.717, 1.165) is 44.9 Å². The molecule has 3 amide bonds. The number of carbonyl (C=O) groups excluding carboxylic acids is 3. The highest BCUT2D eigenvalue weighted by Crippen LogP contribution is 2.39. The zero-order valence-electron chi connectivity index (χ0n) is 23.3. The molecule has 5 atom stereocenters. The van der Waals surface area contributed by atoms with Crippen molar-refractivity contribution in [2.24, 2.45) is 17.8 Å². The summed E-state index contributed by atoms with van der Waals surface area (Å²) in [5.41, 5.74) is 0. The Kier molecular flexibility index (Phi) is 9.73. The fourth-order valence-electron chi connectivity index (χ4n) is 7.12. The van der Waals surface area contributed by atoms with Crippen molar-refractivity contribution in [2.45, 2.75) is 102 Å². The third-order valence-electron chi connectivity index (χ3n) is 9.43. The molecular formula is C27H47N5O5S. The van der Waals surface area contributed by atoms with Gasteiger partial charge in [0.2, 0.25) is 27.7 Å². The first-order valence-electron chi connectivity index (χ1n) is 14.6. The summed E-state index contributed by atoms with van der Waals surface area (Å²) >= 11 is 0. The highest BCUT2D eigenvalue weighted by molar-refractivity contribution is 7.88. The van der Waals surface area contributed by atoms with Gasteiger partial charge in [0.15, 0.2) is 0 Å². The van der Waals surface area contributed by atoms with Crippen LogP contribution in [0, 0.1) is 17.8 Å². The maximum atomic E-state index is 14.2. The SMILES string of the molecule is CN[C@H](C)C(=O)N[C@H](C(=O)N1CC[C@@H]2[C@H]1[C@@H](C(=O)NCC1CCCCC1)CN2S(C)(=O)=O)C1CCCCC1. The molecule has 0 radical (unpaired) electrons. The summed E-state index contributed by atoms with van der Waals surface area (Å²) in [4.78, 5) is 42.3. The lowest BCUT2D eigenvalue weighted by atomic mass is 9.83. The van der Waals surface area contributed by atoms with E-state index in [2.05, 4.69) is 16.0 Å². The molecule has 2 aliphatic carbocycles. The summed E-state index contributed by atoms with van der Waals surface area (Å²) in [6, 6.07) is -2.05. The zero-order valence-corrected chi connectivity index (χ0v) is 24.1. The van der Waals surface area contributed by atoms with Crippen LogP contribution in [0.5, 0.6) is 0 Å². The predicted molar refractivity (Wildman–Crippen MR) is 146 cm³/mol. The Morgan fingerprint density at radius 1 is 0.947 bits per heavy atom. The van der Waals surface area contributed by atoms with Crippen LogP contribution in [0.25, 0.3) is 0 Å². The van der Waals surface area contributed by atoms with Gasteiger partial charge in [0.25, 0.3) is 0 Å². The fraction of sp³-hybridized carbons (Fsp3) is 0.889. The van der Waals surface area contributed by atoms with Crippen molar-refractivity contribution in [3.8, 4) is 0 Å². The monoisotopic (exact) mass is 553 g/mol. The lowest BCUT2D eigenvalue weighted by molar-refractivity contribution is -0.141. The smallest absolute Gasteiger partial charge is 0.245 e. The quantitative estimate of drug-likeness (QED) is 0.394. The number of fused-ring (bicyclic) bond motifs is 1. The van der Waals surface area contributed by atoms with Crippen molar-refractivity contribution in [1.82, 2.24) is 25.2 Å². The molecule has 2 saturated carbocycles. The van der Waals surface area contributed by atoms with Gasteiger partial charge in [-0.05, 0) is 57.9 Å². The Hall–Kier alpha value is -1.72. The first kappa shape index (κ1) is 29.3. The average Bonchev–Trinajstić information content (AvgIpc) is 3.51. The molecule has 2 heterocycles. The zero-order chi connectivity index (χ0) is 27.4. The number of hydrogen-bond acceptors (Lipinski definition) is 6. The minimum absolute atomic E-state index is 0.0364. The van der Waals surface area contributed by atoms with Crippen LogP contribution in [0.2, 0.25) is 0 Å². The van der Waals surface area contributed by atoms with Gasteiger partial charge in [-0.25, -0.2) is 8.42 Å². The standard InChI is InChI=1S/C27H47N5O5S/c1-18(28-2)25(33)30-23(20-12-8-5-9-13-20)27(35)31-15-14-22-24(31)21(17-32(22)38(3,36)37)26(34)29-16-19-10-6-4-7-11-19/h18-24,28H,4-17H2,1-3H3,(H,29,34)(H,30,33)/t18-,21+,22-,23+,24-/m1/s1. The highest BCUT2D eigenvalue weighted by atomic mass is 32.2. The number of sulfonamides is 1. The molecule has 4 fully saturated rings. The normalized spacial score (nSPS) is 29.0. The second-order valence-electron chi connectivity index (χ2n) is 12.0. The van der Waals surface area contributed by atoms with Crippen LogP contribution < -0.4 is 16.0 Å². The molecule has 2 saturated heterocycles. The topological polar surface area (TPSA) is 128 Å². The van der Waals surface area contributed by atoms with Gasteiger partial charge >= 0.3 is 0 Å². The van der Waals surface area contributed by atoms with E-state index in [0.29, 0.717) is 25.4 Å². The van der Waals surface area contributed by atoms with Crippen molar-refractivity contribution in [3.63, 3.8) is 0 Å². The van der Waals surface area contributed by atoms with Crippen LogP contribution >= 0.6 is 0 Å². The van der Waals surface area contributed by atoms with Gasteiger partial charge < -0.3 is 20.9 Å². The summed E-state index contributed by atoms with van der Waals surface area (Å²) in [5.74, 6) is -0.701. The number of likely N-dealkylation sites (N-methyl/N-ethyl adjacent to an activating group) is 1. The van der Waals surface area contributed by atoms with Gasteiger partial charge in [-0.3, -0.25) is 14.4 Å². The molecular weight excluding hydrogens is 506 g/mol. The van der Waals surface area contributed by atoms with Gasteiger partial charge in [-0.1, -0.05) is 38.5 Å². The molecule has 0 aromatic heterocycles. The Labute approximate surface area is 228 Å². The minimum atomic E-state index is -3.54. The second kappa shape index (κ2) is 12.6. The summed E-state index contributed by atoms with van der Waals surface area (Å²) in [6.45, 7) is 2.83. The van der Waals surface area contributed by atoms with Gasteiger partial charge in [-0.2, -0.15) is 4.31 Å². The Balaban J connectivity index is 1.55.